The molecule has 0 bridgehead atoms. The third-order valence-corrected chi connectivity index (χ3v) is 3.05. The Morgan fingerprint density at radius 3 is 2.67 bits per heavy atom. The van der Waals surface area contributed by atoms with Gasteiger partial charge < -0.3 is 10.1 Å². The second-order valence-corrected chi connectivity index (χ2v) is 5.01. The Balaban J connectivity index is 1.93. The molecule has 0 unspecified atom stereocenters. The average molecular weight is 248 g/mol. The van der Waals surface area contributed by atoms with Gasteiger partial charge in [0.25, 0.3) is 5.91 Å². The fourth-order valence-corrected chi connectivity index (χ4v) is 2.16. The van der Waals surface area contributed by atoms with Crippen LogP contribution in [0, 0.1) is 0 Å². The van der Waals surface area contributed by atoms with E-state index in [1.807, 2.05) is 13.8 Å². The molecule has 4 nitrogen and oxygen atoms in total. The maximum atomic E-state index is 11.9. The van der Waals surface area contributed by atoms with E-state index < -0.39 is 0 Å². The minimum Gasteiger partial charge on any atom is -0.475 e. The first-order chi connectivity index (χ1) is 8.65. The van der Waals surface area contributed by atoms with Crippen LogP contribution in [0.3, 0.4) is 0 Å². The third kappa shape index (κ3) is 3.45. The number of ether oxygens (including phenoxy) is 1. The summed E-state index contributed by atoms with van der Waals surface area (Å²) in [5.41, 5.74) is 0.595. The predicted molar refractivity (Wildman–Crippen MR) is 69.7 cm³/mol. The molecule has 0 aromatic carbocycles. The Hall–Kier alpha value is -1.58. The number of nitrogens with zero attached hydrogens (tertiary/aromatic N) is 1. The molecule has 0 aliphatic heterocycles. The number of nitrogens with one attached hydrogen (secondary N) is 1. The van der Waals surface area contributed by atoms with E-state index in [9.17, 15) is 4.79 Å². The number of aromatic nitrogens is 1. The summed E-state index contributed by atoms with van der Waals surface area (Å²) in [6.07, 6.45) is 6.27. The van der Waals surface area contributed by atoms with Crippen LogP contribution >= 0.6 is 0 Å². The SMILES string of the molecule is CC(C)Oc1ccc(C(=O)NC2CCCC2)cn1. The summed E-state index contributed by atoms with van der Waals surface area (Å²) in [5.74, 6) is 0.521. The molecule has 2 rings (SSSR count). The predicted octanol–water partition coefficient (Wildman–Crippen LogP) is 2.54. The first-order valence-electron chi connectivity index (χ1n) is 6.58. The summed E-state index contributed by atoms with van der Waals surface area (Å²) < 4.78 is 5.44. The number of amides is 1. The standard InChI is InChI=1S/C14H20N2O2/c1-10(2)18-13-8-7-11(9-15-13)14(17)16-12-5-3-4-6-12/h7-10,12H,3-6H2,1-2H3,(H,16,17). The maximum Gasteiger partial charge on any atom is 0.253 e. The van der Waals surface area contributed by atoms with Gasteiger partial charge in [-0.05, 0) is 32.8 Å². The van der Waals surface area contributed by atoms with Crippen LogP contribution < -0.4 is 10.1 Å². The molecule has 0 radical (unpaired) electrons. The van der Waals surface area contributed by atoms with Crippen molar-refractivity contribution in [2.45, 2.75) is 51.7 Å². The van der Waals surface area contributed by atoms with Gasteiger partial charge in [-0.15, -0.1) is 0 Å². The lowest BCUT2D eigenvalue weighted by molar-refractivity contribution is 0.0937. The van der Waals surface area contributed by atoms with Crippen LogP contribution in [0.1, 0.15) is 49.9 Å². The van der Waals surface area contributed by atoms with E-state index in [4.69, 9.17) is 4.74 Å². The van der Waals surface area contributed by atoms with Gasteiger partial charge in [-0.1, -0.05) is 12.8 Å². The second-order valence-electron chi connectivity index (χ2n) is 5.01. The number of rotatable bonds is 4. The second kappa shape index (κ2) is 5.85. The van der Waals surface area contributed by atoms with Crippen LogP contribution in [0.25, 0.3) is 0 Å². The Bertz CT molecular complexity index is 395. The Kier molecular flexibility index (Phi) is 4.18. The van der Waals surface area contributed by atoms with Crippen molar-refractivity contribution in [1.29, 1.82) is 0 Å². The maximum absolute atomic E-state index is 11.9. The van der Waals surface area contributed by atoms with Crippen molar-refractivity contribution in [3.05, 3.63) is 23.9 Å². The molecule has 1 amide bonds. The molecule has 1 N–H and O–H groups in total. The summed E-state index contributed by atoms with van der Waals surface area (Å²) in [7, 11) is 0. The highest BCUT2D eigenvalue weighted by Crippen LogP contribution is 2.18. The van der Waals surface area contributed by atoms with E-state index in [1.54, 1.807) is 18.3 Å². The van der Waals surface area contributed by atoms with E-state index in [1.165, 1.54) is 12.8 Å². The number of hydrogen-bond acceptors (Lipinski definition) is 3. The molecule has 1 aliphatic rings. The Morgan fingerprint density at radius 2 is 2.11 bits per heavy atom. The molecule has 1 aromatic rings. The quantitative estimate of drug-likeness (QED) is 0.890. The van der Waals surface area contributed by atoms with E-state index in [-0.39, 0.29) is 12.0 Å². The van der Waals surface area contributed by atoms with Crippen molar-refractivity contribution in [2.24, 2.45) is 0 Å². The van der Waals surface area contributed by atoms with Gasteiger partial charge in [0.2, 0.25) is 5.88 Å². The van der Waals surface area contributed by atoms with Gasteiger partial charge in [0, 0.05) is 18.3 Å². The highest BCUT2D eigenvalue weighted by Gasteiger charge is 2.18. The minimum atomic E-state index is -0.0366. The number of hydrogen-bond donors (Lipinski definition) is 1. The van der Waals surface area contributed by atoms with Gasteiger partial charge in [0.15, 0.2) is 0 Å². The minimum absolute atomic E-state index is 0.0366. The van der Waals surface area contributed by atoms with Crippen molar-refractivity contribution in [1.82, 2.24) is 10.3 Å². The van der Waals surface area contributed by atoms with Gasteiger partial charge >= 0.3 is 0 Å². The van der Waals surface area contributed by atoms with Crippen molar-refractivity contribution >= 4 is 5.91 Å². The molecule has 0 atom stereocenters. The normalized spacial score (nSPS) is 15.9. The van der Waals surface area contributed by atoms with E-state index in [2.05, 4.69) is 10.3 Å². The zero-order chi connectivity index (χ0) is 13.0. The zero-order valence-corrected chi connectivity index (χ0v) is 11.0. The highest BCUT2D eigenvalue weighted by molar-refractivity contribution is 5.94. The van der Waals surface area contributed by atoms with Crippen LogP contribution in [0.15, 0.2) is 18.3 Å². The number of pyridine rings is 1. The van der Waals surface area contributed by atoms with Gasteiger partial charge in [-0.3, -0.25) is 4.79 Å². The molecular formula is C14H20N2O2. The lowest BCUT2D eigenvalue weighted by atomic mass is 10.2. The van der Waals surface area contributed by atoms with Crippen molar-refractivity contribution in [2.75, 3.05) is 0 Å². The van der Waals surface area contributed by atoms with E-state index in [0.29, 0.717) is 17.5 Å². The summed E-state index contributed by atoms with van der Waals surface area (Å²) >= 11 is 0. The topological polar surface area (TPSA) is 51.2 Å². The summed E-state index contributed by atoms with van der Waals surface area (Å²) in [5, 5.41) is 3.04. The van der Waals surface area contributed by atoms with Crippen molar-refractivity contribution in [3.63, 3.8) is 0 Å². The molecule has 98 valence electrons. The summed E-state index contributed by atoms with van der Waals surface area (Å²) in [4.78, 5) is 16.1. The molecule has 1 saturated carbocycles. The molecule has 1 aromatic heterocycles. The van der Waals surface area contributed by atoms with Gasteiger partial charge in [-0.25, -0.2) is 4.98 Å². The molecule has 1 fully saturated rings. The molecule has 4 heteroatoms. The van der Waals surface area contributed by atoms with Crippen molar-refractivity contribution < 1.29 is 9.53 Å². The lowest BCUT2D eigenvalue weighted by Crippen LogP contribution is -2.32. The largest absolute Gasteiger partial charge is 0.475 e. The fourth-order valence-electron chi connectivity index (χ4n) is 2.16. The molecular weight excluding hydrogens is 228 g/mol. The van der Waals surface area contributed by atoms with Crippen LogP contribution in [0.4, 0.5) is 0 Å². The molecule has 0 saturated heterocycles. The number of carbonyl (C=O) groups excluding carboxylic acids is 1. The lowest BCUT2D eigenvalue weighted by Gasteiger charge is -2.12. The molecule has 18 heavy (non-hydrogen) atoms. The summed E-state index contributed by atoms with van der Waals surface area (Å²) in [6, 6.07) is 3.84. The first kappa shape index (κ1) is 12.9. The summed E-state index contributed by atoms with van der Waals surface area (Å²) in [6.45, 7) is 3.89. The van der Waals surface area contributed by atoms with Crippen LogP contribution in [0.5, 0.6) is 5.88 Å². The van der Waals surface area contributed by atoms with E-state index in [0.717, 1.165) is 12.8 Å². The Labute approximate surface area is 108 Å². The average Bonchev–Trinajstić information content (AvgIpc) is 2.82. The fraction of sp³-hybridized carbons (Fsp3) is 0.571. The molecule has 1 aliphatic carbocycles. The van der Waals surface area contributed by atoms with Crippen molar-refractivity contribution in [3.8, 4) is 5.88 Å². The van der Waals surface area contributed by atoms with Gasteiger partial charge in [-0.2, -0.15) is 0 Å². The van der Waals surface area contributed by atoms with Gasteiger partial charge in [0.1, 0.15) is 0 Å². The highest BCUT2D eigenvalue weighted by atomic mass is 16.5. The monoisotopic (exact) mass is 248 g/mol. The van der Waals surface area contributed by atoms with Gasteiger partial charge in [0.05, 0.1) is 11.7 Å². The first-order valence-corrected chi connectivity index (χ1v) is 6.58. The van der Waals surface area contributed by atoms with Crippen LogP contribution in [-0.4, -0.2) is 23.0 Å². The Morgan fingerprint density at radius 1 is 1.39 bits per heavy atom. The molecule has 0 spiro atoms. The van der Waals surface area contributed by atoms with Crippen LogP contribution in [0.2, 0.25) is 0 Å². The zero-order valence-electron chi connectivity index (χ0n) is 11.0. The molecule has 1 heterocycles. The van der Waals surface area contributed by atoms with E-state index >= 15 is 0 Å². The third-order valence-electron chi connectivity index (χ3n) is 3.05. The smallest absolute Gasteiger partial charge is 0.253 e. The van der Waals surface area contributed by atoms with Crippen LogP contribution in [-0.2, 0) is 0 Å². The number of carbonyl (C=O) groups is 1.